The first kappa shape index (κ1) is 35.0. The van der Waals surface area contributed by atoms with Crippen molar-refractivity contribution in [1.82, 2.24) is 19.9 Å². The predicted molar refractivity (Wildman–Crippen MR) is 238 cm³/mol. The molecule has 286 valence electrons. The average molecular weight is 772 g/mol. The van der Waals surface area contributed by atoms with Crippen LogP contribution < -0.4 is 0 Å². The monoisotopic (exact) mass is 771 g/mol. The van der Waals surface area contributed by atoms with Gasteiger partial charge >= 0.3 is 0 Å². The molecule has 4 fully saturated rings. The molecule has 0 radical (unpaired) electrons. The lowest BCUT2D eigenvalue weighted by Gasteiger charge is -2.61. The molecule has 8 aromatic rings. The Kier molecular flexibility index (Phi) is 8.03. The number of rotatable bonds is 6. The highest BCUT2D eigenvalue weighted by atomic mass is 15.0. The van der Waals surface area contributed by atoms with E-state index in [0.29, 0.717) is 34.9 Å². The molecule has 5 aliphatic rings. The Hall–Kier alpha value is -7.03. The number of hydrogen-bond donors (Lipinski definition) is 0. The molecule has 2 heterocycles. The Balaban J connectivity index is 0.990. The third-order valence-corrected chi connectivity index (χ3v) is 14.2. The second-order valence-electron chi connectivity index (χ2n) is 17.4. The summed E-state index contributed by atoms with van der Waals surface area (Å²) in [6.07, 6.45) is 10.4. The van der Waals surface area contributed by atoms with E-state index in [2.05, 4.69) is 120 Å². The van der Waals surface area contributed by atoms with Gasteiger partial charge in [0.15, 0.2) is 17.5 Å². The second-order valence-corrected chi connectivity index (χ2v) is 17.4. The number of nitrogens with zero attached hydrogens (tertiary/aromatic N) is 5. The van der Waals surface area contributed by atoms with Crippen molar-refractivity contribution in [3.05, 3.63) is 181 Å². The van der Waals surface area contributed by atoms with Crippen LogP contribution in [0.25, 0.3) is 78.7 Å². The highest BCUT2D eigenvalue weighted by Crippen LogP contribution is 2.70. The topological polar surface area (TPSA) is 75.3 Å². The fourth-order valence-corrected chi connectivity index (χ4v) is 12.0. The van der Waals surface area contributed by atoms with Gasteiger partial charge in [-0.2, -0.15) is 5.26 Å². The Morgan fingerprint density at radius 3 is 1.65 bits per heavy atom. The van der Waals surface area contributed by atoms with Gasteiger partial charge in [-0.25, -0.2) is 15.0 Å². The molecule has 0 saturated heterocycles. The summed E-state index contributed by atoms with van der Waals surface area (Å²) in [5.41, 5.74) is 15.7. The molecule has 5 nitrogen and oxygen atoms in total. The fourth-order valence-electron chi connectivity index (χ4n) is 12.0. The molecule has 4 bridgehead atoms. The summed E-state index contributed by atoms with van der Waals surface area (Å²) in [5, 5.41) is 10.4. The SMILES string of the molecule is N#Cc1cc(-c2cccnc2)c2c(c1)-c1cc(-c3cccc(-c4nc(-c5ccccc5)nc(-c5ccc(-c6ccccc6)cc5)n4)c3)ccc1C21C2CC3CC(C2)CC1C3. The van der Waals surface area contributed by atoms with Crippen molar-refractivity contribution in [2.75, 3.05) is 0 Å². The normalized spacial score (nSPS) is 21.7. The van der Waals surface area contributed by atoms with E-state index in [-0.39, 0.29) is 5.41 Å². The third-order valence-electron chi connectivity index (χ3n) is 14.2. The van der Waals surface area contributed by atoms with Gasteiger partial charge in [-0.05, 0) is 136 Å². The van der Waals surface area contributed by atoms with E-state index in [1.165, 1.54) is 65.5 Å². The zero-order valence-electron chi connectivity index (χ0n) is 33.2. The smallest absolute Gasteiger partial charge is 0.164 e. The lowest BCUT2D eigenvalue weighted by Crippen LogP contribution is -2.55. The van der Waals surface area contributed by atoms with Crippen molar-refractivity contribution < 1.29 is 0 Å². The maximum atomic E-state index is 10.4. The maximum Gasteiger partial charge on any atom is 0.164 e. The van der Waals surface area contributed by atoms with E-state index in [0.717, 1.165) is 50.8 Å². The second kappa shape index (κ2) is 13.8. The van der Waals surface area contributed by atoms with Gasteiger partial charge in [0.1, 0.15) is 0 Å². The molecule has 0 N–H and O–H groups in total. The van der Waals surface area contributed by atoms with Crippen LogP contribution in [0.3, 0.4) is 0 Å². The highest BCUT2D eigenvalue weighted by Gasteiger charge is 2.62. The third kappa shape index (κ3) is 5.51. The first-order valence-corrected chi connectivity index (χ1v) is 21.3. The first-order valence-electron chi connectivity index (χ1n) is 21.3. The number of fused-ring (bicyclic) bond motifs is 3. The number of aromatic nitrogens is 4. The number of benzene rings is 6. The van der Waals surface area contributed by atoms with Crippen LogP contribution in [-0.2, 0) is 5.41 Å². The van der Waals surface area contributed by atoms with Gasteiger partial charge in [0.2, 0.25) is 0 Å². The number of nitriles is 1. The molecule has 0 amide bonds. The van der Waals surface area contributed by atoms with E-state index >= 15 is 0 Å². The molecule has 0 aliphatic heterocycles. The number of pyridine rings is 1. The molecule has 13 rings (SSSR count). The summed E-state index contributed by atoms with van der Waals surface area (Å²) in [4.78, 5) is 19.8. The number of hydrogen-bond acceptors (Lipinski definition) is 5. The molecular formula is C55H41N5. The zero-order valence-corrected chi connectivity index (χ0v) is 33.2. The van der Waals surface area contributed by atoms with Crippen molar-refractivity contribution in [2.45, 2.75) is 37.5 Å². The zero-order chi connectivity index (χ0) is 39.8. The minimum absolute atomic E-state index is 0.0635. The Labute approximate surface area is 350 Å². The summed E-state index contributed by atoms with van der Waals surface area (Å²) >= 11 is 0. The summed E-state index contributed by atoms with van der Waals surface area (Å²) < 4.78 is 0. The van der Waals surface area contributed by atoms with E-state index in [9.17, 15) is 5.26 Å². The summed E-state index contributed by atoms with van der Waals surface area (Å²) in [6.45, 7) is 0. The van der Waals surface area contributed by atoms with E-state index in [1.54, 1.807) is 0 Å². The van der Waals surface area contributed by atoms with Gasteiger partial charge < -0.3 is 0 Å². The van der Waals surface area contributed by atoms with Gasteiger partial charge in [-0.3, -0.25) is 4.98 Å². The molecule has 60 heavy (non-hydrogen) atoms. The van der Waals surface area contributed by atoms with Crippen molar-refractivity contribution in [3.63, 3.8) is 0 Å². The molecule has 2 aromatic heterocycles. The van der Waals surface area contributed by atoms with E-state index in [4.69, 9.17) is 15.0 Å². The fraction of sp³-hybridized carbons (Fsp3) is 0.182. The largest absolute Gasteiger partial charge is 0.264 e. The molecule has 6 aromatic carbocycles. The molecule has 0 unspecified atom stereocenters. The Morgan fingerprint density at radius 2 is 0.983 bits per heavy atom. The maximum absolute atomic E-state index is 10.4. The molecular weight excluding hydrogens is 731 g/mol. The lowest BCUT2D eigenvalue weighted by molar-refractivity contribution is -0.0397. The predicted octanol–water partition coefficient (Wildman–Crippen LogP) is 12.9. The molecule has 5 aliphatic carbocycles. The van der Waals surface area contributed by atoms with Crippen molar-refractivity contribution in [1.29, 1.82) is 5.26 Å². The lowest BCUT2D eigenvalue weighted by atomic mass is 9.42. The van der Waals surface area contributed by atoms with Gasteiger partial charge in [0, 0.05) is 40.1 Å². The molecule has 5 heteroatoms. The van der Waals surface area contributed by atoms with Gasteiger partial charge in [-0.15, -0.1) is 0 Å². The van der Waals surface area contributed by atoms with Gasteiger partial charge in [-0.1, -0.05) is 121 Å². The quantitative estimate of drug-likeness (QED) is 0.168. The average Bonchev–Trinajstić information content (AvgIpc) is 3.61. The van der Waals surface area contributed by atoms with Crippen LogP contribution in [0, 0.1) is 35.0 Å². The standard InChI is InChI=1S/C55H41N5/c56-32-36-28-47(44-15-8-22-57-33-44)51-49(29-36)48-31-42(20-21-50(48)55(51)45-24-34-23-35(26-45)27-46(55)25-34)41-13-7-14-43(30-41)54-59-52(39-11-5-2-6-12-39)58-53(60-54)40-18-16-38(17-19-40)37-9-3-1-4-10-37/h1-22,28-31,33-35,45-46H,23-27H2. The summed E-state index contributed by atoms with van der Waals surface area (Å²) in [6, 6.07) is 55.9. The van der Waals surface area contributed by atoms with Crippen LogP contribution >= 0.6 is 0 Å². The first-order chi connectivity index (χ1) is 29.6. The minimum atomic E-state index is -0.0635. The van der Waals surface area contributed by atoms with Gasteiger partial charge in [0.25, 0.3) is 0 Å². The molecule has 1 spiro atoms. The van der Waals surface area contributed by atoms with Crippen molar-refractivity contribution in [2.24, 2.45) is 23.7 Å². The summed E-state index contributed by atoms with van der Waals surface area (Å²) in [5.74, 6) is 4.76. The van der Waals surface area contributed by atoms with Crippen LogP contribution in [-0.4, -0.2) is 19.9 Å². The van der Waals surface area contributed by atoms with Crippen LogP contribution in [0.4, 0.5) is 0 Å². The Bertz CT molecular complexity index is 2960. The van der Waals surface area contributed by atoms with Crippen LogP contribution in [0.15, 0.2) is 164 Å². The minimum Gasteiger partial charge on any atom is -0.264 e. The van der Waals surface area contributed by atoms with Crippen LogP contribution in [0.2, 0.25) is 0 Å². The molecule has 4 saturated carbocycles. The van der Waals surface area contributed by atoms with Crippen molar-refractivity contribution >= 4 is 0 Å². The van der Waals surface area contributed by atoms with Crippen LogP contribution in [0.5, 0.6) is 0 Å². The van der Waals surface area contributed by atoms with E-state index < -0.39 is 0 Å². The van der Waals surface area contributed by atoms with Crippen LogP contribution in [0.1, 0.15) is 48.8 Å². The Morgan fingerprint density at radius 1 is 0.450 bits per heavy atom. The highest BCUT2D eigenvalue weighted by molar-refractivity contribution is 5.92. The molecule has 0 atom stereocenters. The van der Waals surface area contributed by atoms with Crippen molar-refractivity contribution in [3.8, 4) is 84.7 Å². The van der Waals surface area contributed by atoms with Gasteiger partial charge in [0.05, 0.1) is 11.6 Å². The summed E-state index contributed by atoms with van der Waals surface area (Å²) in [7, 11) is 0. The van der Waals surface area contributed by atoms with E-state index in [1.807, 2.05) is 54.9 Å².